The van der Waals surface area contributed by atoms with E-state index in [1.807, 2.05) is 24.3 Å². The predicted molar refractivity (Wildman–Crippen MR) is 38.5 cm³/mol. The number of rotatable bonds is 0. The molecule has 7 heteroatoms. The van der Waals surface area contributed by atoms with Crippen LogP contribution in [0.1, 0.15) is 0 Å². The van der Waals surface area contributed by atoms with E-state index in [9.17, 15) is 0 Å². The molecule has 0 spiro atoms. The van der Waals surface area contributed by atoms with Gasteiger partial charge in [-0.3, -0.25) is 11.3 Å². The van der Waals surface area contributed by atoms with Crippen LogP contribution in [0.15, 0.2) is 24.3 Å². The molecule has 0 amide bonds. The second-order valence-electron chi connectivity index (χ2n) is 1.77. The first kappa shape index (κ1) is 27.1. The van der Waals surface area contributed by atoms with Gasteiger partial charge in [0.1, 0.15) is 0 Å². The zero-order valence-electron chi connectivity index (χ0n) is 7.55. The fourth-order valence-corrected chi connectivity index (χ4v) is 1.36. The molecule has 59 valence electrons. The Morgan fingerprint density at radius 3 is 2.07 bits per heavy atom. The smallest absolute Gasteiger partial charge is 0 e. The van der Waals surface area contributed by atoms with Crippen LogP contribution in [0.25, 0.3) is 10.2 Å². The number of hydrogen-bond donors (Lipinski definition) is 0. The monoisotopic (exact) mass is 579 g/mol. The third kappa shape index (κ3) is 8.68. The second kappa shape index (κ2) is 15.7. The van der Waals surface area contributed by atoms with Gasteiger partial charge in [0.15, 0.2) is 0 Å². The van der Waals surface area contributed by atoms with Crippen LogP contribution in [0.2, 0.25) is 0 Å². The molecule has 14 heavy (non-hydrogen) atoms. The van der Waals surface area contributed by atoms with Gasteiger partial charge in [0.2, 0.25) is 0 Å². The zero-order valence-corrected chi connectivity index (χ0v) is 22.6. The van der Waals surface area contributed by atoms with Gasteiger partial charge < -0.3 is 4.98 Å². The first-order valence-electron chi connectivity index (χ1n) is 2.68. The number of para-hydroxylation sites is 1. The molecule has 0 bridgehead atoms. The van der Waals surface area contributed by atoms with Gasteiger partial charge in [0, 0.05) is 164 Å². The van der Waals surface area contributed by atoms with Crippen LogP contribution in [0.4, 0.5) is 0 Å². The minimum Gasteiger partial charge on any atom is -0.386 e. The van der Waals surface area contributed by atoms with Crippen molar-refractivity contribution in [3.8, 4) is 0 Å². The van der Waals surface area contributed by atoms with Gasteiger partial charge in [-0.15, -0.1) is 16.8 Å². The van der Waals surface area contributed by atoms with E-state index >= 15 is 0 Å². The molecule has 0 fully saturated rings. The summed E-state index contributed by atoms with van der Waals surface area (Å²) in [5.74, 6) is 0. The average Bonchev–Trinajstić information content (AvgIpc) is 2.33. The van der Waals surface area contributed by atoms with Crippen molar-refractivity contribution in [2.45, 2.75) is 0 Å². The van der Waals surface area contributed by atoms with Crippen molar-refractivity contribution >= 4 is 21.6 Å². The summed E-state index contributed by atoms with van der Waals surface area (Å²) < 4.78 is 1.21. The molecule has 1 heterocycles. The van der Waals surface area contributed by atoms with Crippen LogP contribution in [-0.4, -0.2) is 4.98 Å². The molecule has 1 nitrogen and oxygen atoms in total. The van der Waals surface area contributed by atoms with E-state index in [4.69, 9.17) is 0 Å². The van der Waals surface area contributed by atoms with Crippen LogP contribution >= 0.6 is 11.3 Å². The summed E-state index contributed by atoms with van der Waals surface area (Å²) in [4.78, 5) is 4.01. The quantitative estimate of drug-likeness (QED) is 0.437. The van der Waals surface area contributed by atoms with Crippen molar-refractivity contribution in [3.63, 3.8) is 0 Å². The first-order chi connectivity index (χ1) is 4.47. The molecule has 0 aliphatic rings. The van der Waals surface area contributed by atoms with Crippen LogP contribution < -0.4 is 0 Å². The third-order valence-electron chi connectivity index (χ3n) is 1.19. The molecule has 0 unspecified atom stereocenters. The van der Waals surface area contributed by atoms with Crippen LogP contribution in [0.3, 0.4) is 0 Å². The molecule has 1 aromatic carbocycles. The summed E-state index contributed by atoms with van der Waals surface area (Å²) in [6.07, 6.45) is 0. The third-order valence-corrected chi connectivity index (χ3v) is 1.93. The summed E-state index contributed by atoms with van der Waals surface area (Å²) in [6.45, 7) is 0. The first-order valence-corrected chi connectivity index (χ1v) is 3.50. The van der Waals surface area contributed by atoms with Crippen molar-refractivity contribution < 1.29 is 164 Å². The molecule has 0 atom stereocenters. The maximum atomic E-state index is 4.01. The summed E-state index contributed by atoms with van der Waals surface area (Å²) >= 11 is 1.55. The minimum atomic E-state index is 0. The van der Waals surface area contributed by atoms with E-state index in [0.717, 1.165) is 5.52 Å². The van der Waals surface area contributed by atoms with Crippen molar-refractivity contribution in [2.75, 3.05) is 0 Å². The van der Waals surface area contributed by atoms with Crippen LogP contribution in [-0.2, 0) is 164 Å². The van der Waals surface area contributed by atoms with Crippen molar-refractivity contribution in [3.05, 3.63) is 29.8 Å². The fourth-order valence-electron chi connectivity index (χ4n) is 0.757. The number of thiazole rings is 1. The maximum absolute atomic E-state index is 4.01. The largest absolute Gasteiger partial charge is 0.386 e. The maximum Gasteiger partial charge on any atom is 0 e. The molecule has 1 aromatic heterocycles. The predicted octanol–water partition coefficient (Wildman–Crippen LogP) is 2.08. The van der Waals surface area contributed by atoms with Crippen molar-refractivity contribution in [1.82, 2.24) is 4.98 Å². The molecule has 0 saturated carbocycles. The van der Waals surface area contributed by atoms with E-state index in [-0.39, 0.29) is 164 Å². The Labute approximate surface area is 214 Å². The molecule has 2 rings (SSSR count). The number of fused-ring (bicyclic) bond motifs is 1. The molecule has 0 N–H and O–H groups in total. The Kier molecular flexibility index (Phi) is 30.3. The van der Waals surface area contributed by atoms with Gasteiger partial charge in [-0.1, -0.05) is 17.6 Å². The van der Waals surface area contributed by atoms with Gasteiger partial charge in [0.05, 0.1) is 0 Å². The topological polar surface area (TPSA) is 12.9 Å². The van der Waals surface area contributed by atoms with E-state index < -0.39 is 0 Å². The molecule has 0 aliphatic heterocycles. The van der Waals surface area contributed by atoms with E-state index in [0.29, 0.717) is 0 Å². The van der Waals surface area contributed by atoms with Gasteiger partial charge in [-0.05, 0) is 5.51 Å². The molecule has 0 aliphatic carbocycles. The van der Waals surface area contributed by atoms with Crippen LogP contribution in [0, 0.1) is 5.51 Å². The summed E-state index contributed by atoms with van der Waals surface area (Å²) in [7, 11) is 0. The Hall–Kier alpha value is 4.63. The summed E-state index contributed by atoms with van der Waals surface area (Å²) in [5.41, 5.74) is 3.87. The minimum absolute atomic E-state index is 0. The Morgan fingerprint density at radius 1 is 0.929 bits per heavy atom. The van der Waals surface area contributed by atoms with Crippen molar-refractivity contribution in [2.24, 2.45) is 0 Å². The number of nitrogens with zero attached hydrogens (tertiary/aromatic N) is 1. The summed E-state index contributed by atoms with van der Waals surface area (Å²) in [6, 6.07) is 8.02. The standard InChI is InChI=1S/C7H4NS.5Y/c1-2-4-7-6(3-1)8-5-9-7;;;;;/h1-4H;;;;;/q-1;;;;;. The Balaban J connectivity index is -0.0000001000. The number of hydrogen-bond acceptors (Lipinski definition) is 2. The Morgan fingerprint density at radius 2 is 1.50 bits per heavy atom. The molecule has 2 aromatic rings. The van der Waals surface area contributed by atoms with E-state index in [1.54, 1.807) is 11.3 Å². The van der Waals surface area contributed by atoms with E-state index in [1.165, 1.54) is 4.70 Å². The van der Waals surface area contributed by atoms with Gasteiger partial charge in [-0.25, -0.2) is 0 Å². The normalized spacial score (nSPS) is 6.57. The Bertz CT molecular complexity index is 296. The van der Waals surface area contributed by atoms with Gasteiger partial charge in [-0.2, -0.15) is 0 Å². The molecule has 0 saturated heterocycles. The molecular weight excluding hydrogens is 575 g/mol. The fraction of sp³-hybridized carbons (Fsp3) is 0. The van der Waals surface area contributed by atoms with Crippen LogP contribution in [0.5, 0.6) is 0 Å². The average molecular weight is 579 g/mol. The SMILES string of the molecule is [Y].[Y].[Y].[Y].[Y].[c-]1nc2ccccc2s1. The second-order valence-corrected chi connectivity index (χ2v) is 2.60. The van der Waals surface area contributed by atoms with E-state index in [2.05, 4.69) is 10.5 Å². The molecule has 5 radical (unpaired) electrons. The number of aromatic nitrogens is 1. The summed E-state index contributed by atoms with van der Waals surface area (Å²) in [5, 5.41) is 0. The molecular formula is C7H4NSY5-. The van der Waals surface area contributed by atoms with Gasteiger partial charge in [0.25, 0.3) is 0 Å². The zero-order chi connectivity index (χ0) is 6.10. The van der Waals surface area contributed by atoms with Crippen molar-refractivity contribution in [1.29, 1.82) is 0 Å². The number of benzene rings is 1. The van der Waals surface area contributed by atoms with Gasteiger partial charge >= 0.3 is 0 Å².